The number of hydrogen-bond acceptors (Lipinski definition) is 4. The number of likely N-dealkylation sites (tertiary alicyclic amines) is 1. The van der Waals surface area contributed by atoms with E-state index in [9.17, 15) is 22.8 Å². The Morgan fingerprint density at radius 3 is 2.17 bits per heavy atom. The van der Waals surface area contributed by atoms with Crippen molar-refractivity contribution < 1.29 is 27.5 Å². The van der Waals surface area contributed by atoms with Crippen molar-refractivity contribution in [3.8, 4) is 5.75 Å². The average molecular weight is 580 g/mol. The molecule has 2 amide bonds. The van der Waals surface area contributed by atoms with E-state index in [1.807, 2.05) is 12.1 Å². The maximum Gasteiger partial charge on any atom is 0.404 e. The summed E-state index contributed by atoms with van der Waals surface area (Å²) in [6, 6.07) is 11.2. The number of anilines is 1. The minimum atomic E-state index is -4.68. The van der Waals surface area contributed by atoms with Gasteiger partial charge in [0.05, 0.1) is 17.7 Å². The zero-order chi connectivity index (χ0) is 29.0. The van der Waals surface area contributed by atoms with E-state index in [1.165, 1.54) is 35.1 Å². The van der Waals surface area contributed by atoms with Crippen LogP contribution in [0.2, 0.25) is 5.02 Å². The number of piperidine rings is 2. The Morgan fingerprint density at radius 2 is 1.62 bits per heavy atom. The smallest absolute Gasteiger partial charge is 0.404 e. The van der Waals surface area contributed by atoms with Gasteiger partial charge in [0.1, 0.15) is 5.75 Å². The lowest BCUT2D eigenvalue weighted by molar-refractivity contribution is -0.173. The number of halogens is 4. The van der Waals surface area contributed by atoms with Gasteiger partial charge in [0, 0.05) is 46.0 Å². The summed E-state index contributed by atoms with van der Waals surface area (Å²) in [4.78, 5) is 30.5. The van der Waals surface area contributed by atoms with Gasteiger partial charge >= 0.3 is 6.18 Å². The number of alkyl halides is 3. The third-order valence-electron chi connectivity index (χ3n) is 8.16. The summed E-state index contributed by atoms with van der Waals surface area (Å²) >= 11 is 6.40. The lowest BCUT2D eigenvalue weighted by Crippen LogP contribution is -2.45. The predicted molar refractivity (Wildman–Crippen MR) is 150 cm³/mol. The van der Waals surface area contributed by atoms with Gasteiger partial charge in [-0.15, -0.1) is 0 Å². The zero-order valence-electron chi connectivity index (χ0n) is 23.2. The molecule has 1 unspecified atom stereocenters. The molecule has 0 radical (unpaired) electrons. The van der Waals surface area contributed by atoms with Crippen LogP contribution in [0.15, 0.2) is 42.5 Å². The minimum absolute atomic E-state index is 0.0917. The molecule has 6 nitrogen and oxygen atoms in total. The molecular weight excluding hydrogens is 543 g/mol. The molecule has 4 rings (SSSR count). The van der Waals surface area contributed by atoms with Crippen LogP contribution in [0.25, 0.3) is 0 Å². The Morgan fingerprint density at radius 1 is 1.00 bits per heavy atom. The normalized spacial score (nSPS) is 18.0. The van der Waals surface area contributed by atoms with Gasteiger partial charge in [-0.05, 0) is 79.8 Å². The highest BCUT2D eigenvalue weighted by Gasteiger charge is 2.48. The summed E-state index contributed by atoms with van der Waals surface area (Å²) < 4.78 is 47.0. The van der Waals surface area contributed by atoms with Crippen molar-refractivity contribution in [3.63, 3.8) is 0 Å². The lowest BCUT2D eigenvalue weighted by atomic mass is 9.82. The maximum atomic E-state index is 14.0. The van der Waals surface area contributed by atoms with Gasteiger partial charge in [0.2, 0.25) is 5.91 Å². The molecule has 2 heterocycles. The fourth-order valence-electron chi connectivity index (χ4n) is 5.88. The van der Waals surface area contributed by atoms with Gasteiger partial charge in [-0.2, -0.15) is 13.2 Å². The van der Waals surface area contributed by atoms with E-state index in [0.717, 1.165) is 38.0 Å². The van der Waals surface area contributed by atoms with Crippen molar-refractivity contribution in [1.29, 1.82) is 0 Å². The molecule has 0 N–H and O–H groups in total. The van der Waals surface area contributed by atoms with Crippen LogP contribution in [0.1, 0.15) is 53.9 Å². The van der Waals surface area contributed by atoms with E-state index < -0.39 is 18.0 Å². The Balaban J connectivity index is 1.28. The van der Waals surface area contributed by atoms with Gasteiger partial charge in [0.15, 0.2) is 5.92 Å². The number of ether oxygens (including phenoxy) is 1. The summed E-state index contributed by atoms with van der Waals surface area (Å²) in [7, 11) is 4.78. The number of carbonyl (C=O) groups excluding carboxylic acids is 2. The van der Waals surface area contributed by atoms with E-state index in [-0.39, 0.29) is 11.5 Å². The average Bonchev–Trinajstić information content (AvgIpc) is 2.93. The molecule has 0 spiro atoms. The monoisotopic (exact) mass is 579 g/mol. The molecule has 2 fully saturated rings. The molecule has 0 bridgehead atoms. The first-order valence-electron chi connectivity index (χ1n) is 13.7. The van der Waals surface area contributed by atoms with Crippen LogP contribution in [-0.4, -0.2) is 75.2 Å². The molecule has 0 aromatic heterocycles. The molecule has 0 saturated carbocycles. The summed E-state index contributed by atoms with van der Waals surface area (Å²) in [5.41, 5.74) is 1.40. The Kier molecular flexibility index (Phi) is 9.54. The molecule has 40 heavy (non-hydrogen) atoms. The number of amides is 2. The number of nitrogens with zero attached hydrogens (tertiary/aromatic N) is 3. The predicted octanol–water partition coefficient (Wildman–Crippen LogP) is 6.24. The summed E-state index contributed by atoms with van der Waals surface area (Å²) in [6.07, 6.45) is -0.203. The second-order valence-electron chi connectivity index (χ2n) is 11.0. The quantitative estimate of drug-likeness (QED) is 0.390. The van der Waals surface area contributed by atoms with Crippen LogP contribution < -0.4 is 9.64 Å². The molecule has 2 saturated heterocycles. The van der Waals surface area contributed by atoms with Crippen molar-refractivity contribution in [2.45, 2.75) is 44.2 Å². The first-order valence-corrected chi connectivity index (χ1v) is 14.1. The standard InChI is InChI=1S/C30H37ClF3N3O3/c1-35(2)28(38)25-8-7-23(19-26(25)31)36-13-9-20(10-14-36)17-21-11-15-37(16-12-21)29(39)27(30(32,33)34)22-5-4-6-24(18-22)40-3/h4-8,18-21,27H,9-17H2,1-3H3. The fourth-order valence-corrected chi connectivity index (χ4v) is 6.13. The van der Waals surface area contributed by atoms with E-state index in [0.29, 0.717) is 54.1 Å². The lowest BCUT2D eigenvalue weighted by Gasteiger charge is -2.38. The van der Waals surface area contributed by atoms with E-state index in [4.69, 9.17) is 16.3 Å². The molecular formula is C30H37ClF3N3O3. The molecule has 10 heteroatoms. The Bertz CT molecular complexity index is 1190. The molecule has 2 aliphatic rings. The van der Waals surface area contributed by atoms with Crippen LogP contribution in [0.3, 0.4) is 0 Å². The van der Waals surface area contributed by atoms with Crippen molar-refractivity contribution >= 4 is 29.1 Å². The zero-order valence-corrected chi connectivity index (χ0v) is 24.0. The number of hydrogen-bond donors (Lipinski definition) is 0. The molecule has 1 atom stereocenters. The van der Waals surface area contributed by atoms with E-state index in [2.05, 4.69) is 4.90 Å². The van der Waals surface area contributed by atoms with Crippen molar-refractivity contribution in [3.05, 3.63) is 58.6 Å². The van der Waals surface area contributed by atoms with Gasteiger partial charge < -0.3 is 19.4 Å². The van der Waals surface area contributed by atoms with Gasteiger partial charge in [-0.25, -0.2) is 0 Å². The summed E-state index contributed by atoms with van der Waals surface area (Å²) in [5.74, 6) is -1.97. The summed E-state index contributed by atoms with van der Waals surface area (Å²) in [5, 5.41) is 0.443. The number of methoxy groups -OCH3 is 1. The highest BCUT2D eigenvalue weighted by atomic mass is 35.5. The SMILES string of the molecule is COc1cccc(C(C(=O)N2CCC(CC3CCN(c4ccc(C(=O)N(C)C)c(Cl)c4)CC3)CC2)C(F)(F)F)c1. The first kappa shape index (κ1) is 30.0. The molecule has 218 valence electrons. The molecule has 0 aliphatic carbocycles. The fraction of sp³-hybridized carbons (Fsp3) is 0.533. The molecule has 2 aromatic rings. The number of benzene rings is 2. The molecule has 2 aliphatic heterocycles. The third kappa shape index (κ3) is 7.03. The second-order valence-corrected chi connectivity index (χ2v) is 11.5. The Labute approximate surface area is 239 Å². The van der Waals surface area contributed by atoms with Crippen LogP contribution in [0.4, 0.5) is 18.9 Å². The van der Waals surface area contributed by atoms with Crippen LogP contribution in [0, 0.1) is 11.8 Å². The first-order chi connectivity index (χ1) is 19.0. The van der Waals surface area contributed by atoms with Crippen molar-refractivity contribution in [2.75, 3.05) is 52.3 Å². The van der Waals surface area contributed by atoms with Crippen LogP contribution in [0.5, 0.6) is 5.75 Å². The maximum absolute atomic E-state index is 14.0. The van der Waals surface area contributed by atoms with E-state index in [1.54, 1.807) is 26.2 Å². The highest BCUT2D eigenvalue weighted by molar-refractivity contribution is 6.34. The van der Waals surface area contributed by atoms with Gasteiger partial charge in [-0.1, -0.05) is 23.7 Å². The van der Waals surface area contributed by atoms with Crippen molar-refractivity contribution in [1.82, 2.24) is 9.80 Å². The van der Waals surface area contributed by atoms with Gasteiger partial charge in [0.25, 0.3) is 5.91 Å². The van der Waals surface area contributed by atoms with E-state index >= 15 is 0 Å². The second kappa shape index (κ2) is 12.7. The highest BCUT2D eigenvalue weighted by Crippen LogP contribution is 2.39. The minimum Gasteiger partial charge on any atom is -0.497 e. The molecule has 2 aromatic carbocycles. The Hall–Kier alpha value is -2.94. The topological polar surface area (TPSA) is 53.1 Å². The van der Waals surface area contributed by atoms with Crippen LogP contribution in [-0.2, 0) is 4.79 Å². The number of rotatable bonds is 7. The van der Waals surface area contributed by atoms with Crippen molar-refractivity contribution in [2.24, 2.45) is 11.8 Å². The third-order valence-corrected chi connectivity index (χ3v) is 8.48. The largest absolute Gasteiger partial charge is 0.497 e. The van der Waals surface area contributed by atoms with Gasteiger partial charge in [-0.3, -0.25) is 9.59 Å². The summed E-state index contributed by atoms with van der Waals surface area (Å²) in [6.45, 7) is 2.45. The number of carbonyl (C=O) groups is 2. The van der Waals surface area contributed by atoms with Crippen LogP contribution >= 0.6 is 11.6 Å².